The average molecular weight is 290 g/mol. The molecule has 2 heteroatoms. The summed E-state index contributed by atoms with van der Waals surface area (Å²) >= 11 is 6.34. The predicted octanol–water partition coefficient (Wildman–Crippen LogP) is 5.57. The van der Waals surface area contributed by atoms with Gasteiger partial charge in [-0.1, -0.05) is 43.5 Å². The molecule has 1 saturated carbocycles. The van der Waals surface area contributed by atoms with Crippen molar-refractivity contribution in [1.29, 1.82) is 0 Å². The van der Waals surface area contributed by atoms with Crippen molar-refractivity contribution in [3.63, 3.8) is 0 Å². The van der Waals surface area contributed by atoms with Gasteiger partial charge in [0.25, 0.3) is 0 Å². The Kier molecular flexibility index (Phi) is 4.49. The highest BCUT2D eigenvalue weighted by atomic mass is 32.1. The highest BCUT2D eigenvalue weighted by Gasteiger charge is 2.27. The molecule has 0 radical (unpaired) electrons. The molecule has 0 nitrogen and oxygen atoms in total. The number of benzene rings is 1. The quantitative estimate of drug-likeness (QED) is 0.661. The van der Waals surface area contributed by atoms with Gasteiger partial charge in [-0.15, -0.1) is 11.3 Å². The Balaban J connectivity index is 1.76. The molecule has 1 unspecified atom stereocenters. The molecule has 0 N–H and O–H groups in total. The van der Waals surface area contributed by atoms with Gasteiger partial charge in [0.1, 0.15) is 0 Å². The monoisotopic (exact) mass is 290 g/mol. The van der Waals surface area contributed by atoms with Crippen LogP contribution in [0.5, 0.6) is 0 Å². The van der Waals surface area contributed by atoms with Crippen LogP contribution in [0.2, 0.25) is 0 Å². The Hall–Kier alpha value is -0.470. The summed E-state index contributed by atoms with van der Waals surface area (Å²) in [7, 11) is 0. The van der Waals surface area contributed by atoms with Crippen LogP contribution in [0.4, 0.5) is 0 Å². The Morgan fingerprint density at radius 1 is 1.26 bits per heavy atom. The van der Waals surface area contributed by atoms with Crippen LogP contribution in [0, 0.1) is 11.8 Å². The minimum atomic E-state index is 0.892. The third kappa shape index (κ3) is 3.00. The fourth-order valence-corrected chi connectivity index (χ4v) is 4.50. The lowest BCUT2D eigenvalue weighted by Crippen LogP contribution is -2.23. The van der Waals surface area contributed by atoms with Crippen molar-refractivity contribution in [3.8, 4) is 0 Å². The van der Waals surface area contributed by atoms with E-state index in [1.807, 2.05) is 11.3 Å². The van der Waals surface area contributed by atoms with Crippen molar-refractivity contribution >= 4 is 34.7 Å². The highest BCUT2D eigenvalue weighted by molar-refractivity contribution is 7.80. The second kappa shape index (κ2) is 6.32. The molecule has 1 aromatic carbocycles. The van der Waals surface area contributed by atoms with E-state index in [1.54, 1.807) is 4.88 Å². The lowest BCUT2D eigenvalue weighted by molar-refractivity contribution is 0.194. The lowest BCUT2D eigenvalue weighted by atomic mass is 9.72. The van der Waals surface area contributed by atoms with Crippen molar-refractivity contribution in [2.75, 3.05) is 5.75 Å². The topological polar surface area (TPSA) is 0 Å². The average Bonchev–Trinajstić information content (AvgIpc) is 2.77. The van der Waals surface area contributed by atoms with Gasteiger partial charge in [-0.3, -0.25) is 0 Å². The van der Waals surface area contributed by atoms with Gasteiger partial charge in [0.05, 0.1) is 0 Å². The predicted molar refractivity (Wildman–Crippen MR) is 89.4 cm³/mol. The van der Waals surface area contributed by atoms with Gasteiger partial charge in [0, 0.05) is 4.88 Å². The van der Waals surface area contributed by atoms with Crippen LogP contribution in [0.1, 0.15) is 37.0 Å². The maximum Gasteiger partial charge on any atom is 0.0127 e. The van der Waals surface area contributed by atoms with Crippen LogP contribution in [-0.2, 0) is 6.42 Å². The number of fused-ring (bicyclic) bond motifs is 1. The zero-order valence-corrected chi connectivity index (χ0v) is 13.1. The van der Waals surface area contributed by atoms with Crippen LogP contribution in [0.15, 0.2) is 29.6 Å². The number of thiol groups is 1. The summed E-state index contributed by atoms with van der Waals surface area (Å²) in [5.41, 5.74) is 0. The van der Waals surface area contributed by atoms with Crippen molar-refractivity contribution in [2.45, 2.75) is 38.5 Å². The van der Waals surface area contributed by atoms with Crippen LogP contribution in [0.3, 0.4) is 0 Å². The van der Waals surface area contributed by atoms with E-state index >= 15 is 0 Å². The van der Waals surface area contributed by atoms with Gasteiger partial charge < -0.3 is 0 Å². The molecule has 0 spiro atoms. The highest BCUT2D eigenvalue weighted by Crippen LogP contribution is 2.39. The van der Waals surface area contributed by atoms with Crippen molar-refractivity contribution in [3.05, 3.63) is 34.5 Å². The molecule has 0 bridgehead atoms. The van der Waals surface area contributed by atoms with Crippen LogP contribution >= 0.6 is 24.0 Å². The minimum absolute atomic E-state index is 0.892. The first kappa shape index (κ1) is 13.5. The molecule has 1 aliphatic carbocycles. The van der Waals surface area contributed by atoms with E-state index < -0.39 is 0 Å². The Labute approximate surface area is 125 Å². The second-order valence-corrected chi connectivity index (χ2v) is 7.18. The Morgan fingerprint density at radius 2 is 2.11 bits per heavy atom. The summed E-state index contributed by atoms with van der Waals surface area (Å²) in [4.78, 5) is 1.60. The molecule has 0 amide bonds. The van der Waals surface area contributed by atoms with Gasteiger partial charge in [0.2, 0.25) is 0 Å². The number of hydrogen-bond acceptors (Lipinski definition) is 2. The second-order valence-electron chi connectivity index (χ2n) is 5.77. The molecule has 0 aliphatic heterocycles. The van der Waals surface area contributed by atoms with E-state index in [2.05, 4.69) is 42.3 Å². The van der Waals surface area contributed by atoms with E-state index in [0.717, 1.165) is 17.6 Å². The number of thiophene rings is 1. The van der Waals surface area contributed by atoms with E-state index in [9.17, 15) is 0 Å². The normalized spacial score (nSPS) is 17.5. The zero-order chi connectivity index (χ0) is 13.1. The van der Waals surface area contributed by atoms with Gasteiger partial charge in [0.15, 0.2) is 0 Å². The van der Waals surface area contributed by atoms with Gasteiger partial charge in [-0.2, -0.15) is 12.6 Å². The van der Waals surface area contributed by atoms with Gasteiger partial charge in [-0.05, 0) is 53.0 Å². The molecular formula is C17H22S2. The minimum Gasteiger partial charge on any atom is -0.179 e. The molecule has 3 rings (SSSR count). The van der Waals surface area contributed by atoms with Crippen molar-refractivity contribution in [2.24, 2.45) is 11.8 Å². The summed E-state index contributed by atoms with van der Waals surface area (Å²) in [6.45, 7) is 0. The molecule has 2 aromatic rings. The first-order valence-corrected chi connectivity index (χ1v) is 8.95. The number of rotatable bonds is 6. The van der Waals surface area contributed by atoms with Crippen LogP contribution < -0.4 is 0 Å². The molecule has 19 heavy (non-hydrogen) atoms. The molecule has 1 heterocycles. The largest absolute Gasteiger partial charge is 0.179 e. The van der Waals surface area contributed by atoms with E-state index in [-0.39, 0.29) is 0 Å². The Morgan fingerprint density at radius 3 is 2.84 bits per heavy atom. The van der Waals surface area contributed by atoms with Gasteiger partial charge >= 0.3 is 0 Å². The fraction of sp³-hybridized carbons (Fsp3) is 0.529. The first-order valence-electron chi connectivity index (χ1n) is 7.44. The molecule has 1 aromatic heterocycles. The Bertz CT molecular complexity index is 525. The standard InChI is InChI=1S/C17H22S2/c18-10-4-8-14(13-6-3-7-13)11-17-16-9-2-1-5-15(16)12-19-17/h1-2,5,9,12-14,18H,3-4,6-8,10-11H2. The molecule has 1 atom stereocenters. The maximum atomic E-state index is 4.39. The molecule has 1 aliphatic rings. The fourth-order valence-electron chi connectivity index (χ4n) is 3.22. The molecule has 102 valence electrons. The SMILES string of the molecule is SCCCC(Cc1scc2ccccc12)C1CCC1. The summed E-state index contributed by atoms with van der Waals surface area (Å²) in [6.07, 6.45) is 8.29. The van der Waals surface area contributed by atoms with E-state index in [4.69, 9.17) is 0 Å². The van der Waals surface area contributed by atoms with Crippen molar-refractivity contribution < 1.29 is 0 Å². The summed E-state index contributed by atoms with van der Waals surface area (Å²) in [6, 6.07) is 8.84. The smallest absolute Gasteiger partial charge is 0.0127 e. The van der Waals surface area contributed by atoms with Crippen molar-refractivity contribution in [1.82, 2.24) is 0 Å². The molecule has 0 saturated heterocycles. The molecular weight excluding hydrogens is 268 g/mol. The maximum absolute atomic E-state index is 4.39. The third-order valence-corrected chi connectivity index (χ3v) is 5.95. The van der Waals surface area contributed by atoms with Crippen LogP contribution in [-0.4, -0.2) is 5.75 Å². The summed E-state index contributed by atoms with van der Waals surface area (Å²) < 4.78 is 0. The summed E-state index contributed by atoms with van der Waals surface area (Å²) in [5, 5.41) is 5.23. The molecule has 1 fully saturated rings. The van der Waals surface area contributed by atoms with Crippen LogP contribution in [0.25, 0.3) is 10.8 Å². The zero-order valence-electron chi connectivity index (χ0n) is 11.3. The third-order valence-electron chi connectivity index (χ3n) is 4.59. The van der Waals surface area contributed by atoms with E-state index in [1.165, 1.54) is 49.3 Å². The number of hydrogen-bond donors (Lipinski definition) is 1. The van der Waals surface area contributed by atoms with E-state index in [0.29, 0.717) is 0 Å². The first-order chi connectivity index (χ1) is 9.38. The lowest BCUT2D eigenvalue weighted by Gasteiger charge is -2.34. The van der Waals surface area contributed by atoms with Gasteiger partial charge in [-0.25, -0.2) is 0 Å². The summed E-state index contributed by atoms with van der Waals surface area (Å²) in [5.74, 6) is 2.91.